The van der Waals surface area contributed by atoms with Gasteiger partial charge in [0, 0.05) is 22.4 Å². The first-order chi connectivity index (χ1) is 14.6. The van der Waals surface area contributed by atoms with Gasteiger partial charge in [0.2, 0.25) is 5.91 Å². The van der Waals surface area contributed by atoms with Crippen molar-refractivity contribution in [3.05, 3.63) is 75.9 Å². The second-order valence-electron chi connectivity index (χ2n) is 8.04. The lowest BCUT2D eigenvalue weighted by Crippen LogP contribution is -2.25. The third kappa shape index (κ3) is 6.39. The topological polar surface area (TPSA) is 55.4 Å². The second kappa shape index (κ2) is 9.62. The van der Waals surface area contributed by atoms with Crippen molar-refractivity contribution in [1.29, 1.82) is 0 Å². The summed E-state index contributed by atoms with van der Waals surface area (Å²) in [4.78, 5) is 25.5. The molecule has 1 aromatic heterocycles. The van der Waals surface area contributed by atoms with Gasteiger partial charge in [0.1, 0.15) is 22.0 Å². The summed E-state index contributed by atoms with van der Waals surface area (Å²) in [5.41, 5.74) is 1.81. The maximum absolute atomic E-state index is 13.3. The van der Waals surface area contributed by atoms with Crippen LogP contribution in [-0.4, -0.2) is 17.5 Å². The van der Waals surface area contributed by atoms with Crippen LogP contribution in [0.25, 0.3) is 11.1 Å². The highest BCUT2D eigenvalue weighted by atomic mass is 35.5. The van der Waals surface area contributed by atoms with Crippen LogP contribution < -0.4 is 5.32 Å². The first kappa shape index (κ1) is 23.0. The van der Waals surface area contributed by atoms with E-state index in [2.05, 4.69) is 5.32 Å². The molecule has 0 bridgehead atoms. The number of hydrogen-bond acceptors (Lipinski definition) is 4. The fourth-order valence-corrected chi connectivity index (χ4v) is 4.06. The van der Waals surface area contributed by atoms with Crippen LogP contribution >= 0.6 is 22.9 Å². The summed E-state index contributed by atoms with van der Waals surface area (Å²) in [7, 11) is 0. The number of anilines is 1. The van der Waals surface area contributed by atoms with Gasteiger partial charge in [0.15, 0.2) is 0 Å². The molecule has 2 aromatic carbocycles. The van der Waals surface area contributed by atoms with E-state index < -0.39 is 11.6 Å². The van der Waals surface area contributed by atoms with Gasteiger partial charge >= 0.3 is 5.97 Å². The molecule has 3 rings (SSSR count). The van der Waals surface area contributed by atoms with E-state index in [1.165, 1.54) is 23.5 Å². The number of aryl methyl sites for hydroxylation is 1. The number of thiophene rings is 1. The van der Waals surface area contributed by atoms with E-state index in [0.29, 0.717) is 27.6 Å². The lowest BCUT2D eigenvalue weighted by atomic mass is 10.0. The van der Waals surface area contributed by atoms with Crippen LogP contribution in [-0.2, 0) is 16.0 Å². The third-order valence-electron chi connectivity index (χ3n) is 4.33. The van der Waals surface area contributed by atoms with Crippen molar-refractivity contribution in [1.82, 2.24) is 0 Å². The normalized spacial score (nSPS) is 11.3. The zero-order valence-electron chi connectivity index (χ0n) is 17.5. The number of esters is 1. The Bertz CT molecular complexity index is 1090. The molecule has 7 heteroatoms. The van der Waals surface area contributed by atoms with Crippen molar-refractivity contribution in [3.63, 3.8) is 0 Å². The molecule has 1 N–H and O–H groups in total. The first-order valence-corrected chi connectivity index (χ1v) is 11.0. The molecule has 0 aliphatic heterocycles. The van der Waals surface area contributed by atoms with Crippen LogP contribution in [0.3, 0.4) is 0 Å². The van der Waals surface area contributed by atoms with Gasteiger partial charge in [-0.15, -0.1) is 11.3 Å². The van der Waals surface area contributed by atoms with Gasteiger partial charge in [-0.05, 0) is 62.6 Å². The molecule has 0 radical (unpaired) electrons. The number of carbonyl (C=O) groups is 2. The van der Waals surface area contributed by atoms with Gasteiger partial charge in [-0.2, -0.15) is 0 Å². The molecule has 0 saturated carbocycles. The van der Waals surface area contributed by atoms with Gasteiger partial charge in [-0.1, -0.05) is 35.9 Å². The fraction of sp³-hybridized carbons (Fsp3) is 0.250. The lowest BCUT2D eigenvalue weighted by molar-refractivity contribution is -0.116. The van der Waals surface area contributed by atoms with Gasteiger partial charge in [-0.25, -0.2) is 9.18 Å². The third-order valence-corrected chi connectivity index (χ3v) is 5.48. The van der Waals surface area contributed by atoms with E-state index in [-0.39, 0.29) is 18.1 Å². The van der Waals surface area contributed by atoms with Gasteiger partial charge in [-0.3, -0.25) is 4.79 Å². The summed E-state index contributed by atoms with van der Waals surface area (Å²) in [5.74, 6) is -1.12. The second-order valence-corrected chi connectivity index (χ2v) is 9.36. The molecule has 0 saturated heterocycles. The van der Waals surface area contributed by atoms with Crippen LogP contribution in [0.15, 0.2) is 53.9 Å². The Morgan fingerprint density at radius 2 is 1.84 bits per heavy atom. The Hall–Kier alpha value is -2.70. The Kier molecular flexibility index (Phi) is 7.13. The zero-order chi connectivity index (χ0) is 22.6. The molecule has 31 heavy (non-hydrogen) atoms. The number of halogens is 2. The predicted molar refractivity (Wildman–Crippen MR) is 123 cm³/mol. The summed E-state index contributed by atoms with van der Waals surface area (Å²) in [5, 5.41) is 5.64. The number of amides is 1. The van der Waals surface area contributed by atoms with E-state index in [1.807, 2.05) is 17.5 Å². The molecule has 162 valence electrons. The van der Waals surface area contributed by atoms with Crippen LogP contribution in [0.5, 0.6) is 0 Å². The summed E-state index contributed by atoms with van der Waals surface area (Å²) in [6.45, 7) is 5.36. The average molecular weight is 460 g/mol. The SMILES string of the molecule is CC(C)(C)OC(=O)c1c(-c2ccc(Cl)cc2)csc1NC(=O)CCc1cccc(F)c1. The van der Waals surface area contributed by atoms with Crippen molar-refractivity contribution in [3.8, 4) is 11.1 Å². The van der Waals surface area contributed by atoms with Crippen molar-refractivity contribution in [2.45, 2.75) is 39.2 Å². The smallest absolute Gasteiger partial charge is 0.342 e. The summed E-state index contributed by atoms with van der Waals surface area (Å²) < 4.78 is 18.9. The van der Waals surface area contributed by atoms with Crippen LogP contribution in [0.2, 0.25) is 5.02 Å². The molecule has 0 fully saturated rings. The number of ether oxygens (including phenoxy) is 1. The van der Waals surface area contributed by atoms with Crippen molar-refractivity contribution < 1.29 is 18.7 Å². The highest BCUT2D eigenvalue weighted by Gasteiger charge is 2.26. The minimum Gasteiger partial charge on any atom is -0.456 e. The predicted octanol–water partition coefficient (Wildman–Crippen LogP) is 6.73. The molecule has 0 aliphatic rings. The standard InChI is InChI=1S/C24H23ClFNO3S/c1-24(2,3)30-23(29)21-19(16-8-10-17(25)11-9-16)14-31-22(21)27-20(28)12-7-15-5-4-6-18(26)13-15/h4-6,8-11,13-14H,7,12H2,1-3H3,(H,27,28). The minimum atomic E-state index is -0.686. The summed E-state index contributed by atoms with van der Waals surface area (Å²) in [6.07, 6.45) is 0.548. The van der Waals surface area contributed by atoms with E-state index in [9.17, 15) is 14.0 Å². The molecule has 0 unspecified atom stereocenters. The monoisotopic (exact) mass is 459 g/mol. The highest BCUT2D eigenvalue weighted by Crippen LogP contribution is 2.37. The Labute approximate surface area is 190 Å². The number of carbonyl (C=O) groups excluding carboxylic acids is 2. The first-order valence-electron chi connectivity index (χ1n) is 9.77. The van der Waals surface area contributed by atoms with Crippen molar-refractivity contribution in [2.24, 2.45) is 0 Å². The largest absolute Gasteiger partial charge is 0.456 e. The van der Waals surface area contributed by atoms with E-state index in [4.69, 9.17) is 16.3 Å². The number of rotatable bonds is 6. The Morgan fingerprint density at radius 1 is 1.13 bits per heavy atom. The van der Waals surface area contributed by atoms with Crippen molar-refractivity contribution >= 4 is 39.8 Å². The number of benzene rings is 2. The molecule has 0 spiro atoms. The molecule has 1 amide bonds. The minimum absolute atomic E-state index is 0.158. The van der Waals surface area contributed by atoms with Gasteiger partial charge in [0.05, 0.1) is 0 Å². The van der Waals surface area contributed by atoms with Gasteiger partial charge in [0.25, 0.3) is 0 Å². The van der Waals surface area contributed by atoms with Crippen LogP contribution in [0, 0.1) is 5.82 Å². The molecular weight excluding hydrogens is 437 g/mol. The molecule has 0 aliphatic carbocycles. The molecule has 1 heterocycles. The molecule has 0 atom stereocenters. The quantitative estimate of drug-likeness (QED) is 0.415. The number of hydrogen-bond donors (Lipinski definition) is 1. The number of nitrogens with one attached hydrogen (secondary N) is 1. The highest BCUT2D eigenvalue weighted by molar-refractivity contribution is 7.15. The zero-order valence-corrected chi connectivity index (χ0v) is 19.1. The molecule has 4 nitrogen and oxygen atoms in total. The van der Waals surface area contributed by atoms with Crippen LogP contribution in [0.1, 0.15) is 43.1 Å². The molecular formula is C24H23ClFNO3S. The Morgan fingerprint density at radius 3 is 2.48 bits per heavy atom. The fourth-order valence-electron chi connectivity index (χ4n) is 2.96. The maximum atomic E-state index is 13.3. The van der Waals surface area contributed by atoms with E-state index in [1.54, 1.807) is 45.0 Å². The maximum Gasteiger partial charge on any atom is 0.342 e. The van der Waals surface area contributed by atoms with E-state index >= 15 is 0 Å². The van der Waals surface area contributed by atoms with E-state index in [0.717, 1.165) is 11.1 Å². The summed E-state index contributed by atoms with van der Waals surface area (Å²) >= 11 is 7.24. The van der Waals surface area contributed by atoms with Crippen molar-refractivity contribution in [2.75, 3.05) is 5.32 Å². The van der Waals surface area contributed by atoms with Crippen LogP contribution in [0.4, 0.5) is 9.39 Å². The average Bonchev–Trinajstić information content (AvgIpc) is 3.09. The lowest BCUT2D eigenvalue weighted by Gasteiger charge is -2.20. The Balaban J connectivity index is 1.84. The van der Waals surface area contributed by atoms with Gasteiger partial charge < -0.3 is 10.1 Å². The molecule has 3 aromatic rings. The summed E-state index contributed by atoms with van der Waals surface area (Å²) in [6, 6.07) is 13.3.